The molecule has 0 unspecified atom stereocenters. The molecule has 0 bridgehead atoms. The molecule has 24 heavy (non-hydrogen) atoms. The molecule has 3 aromatic rings. The summed E-state index contributed by atoms with van der Waals surface area (Å²) in [6, 6.07) is 10.8. The Morgan fingerprint density at radius 2 is 1.83 bits per heavy atom. The Bertz CT molecular complexity index is 820. The van der Waals surface area contributed by atoms with E-state index in [0.717, 1.165) is 29.7 Å². The molecule has 1 aromatic carbocycles. The summed E-state index contributed by atoms with van der Waals surface area (Å²) in [7, 11) is 2.04. The van der Waals surface area contributed by atoms with Crippen molar-refractivity contribution in [2.24, 2.45) is 0 Å². The van der Waals surface area contributed by atoms with Crippen molar-refractivity contribution in [1.29, 1.82) is 0 Å². The second-order valence-corrected chi connectivity index (χ2v) is 6.21. The highest BCUT2D eigenvalue weighted by Crippen LogP contribution is 2.21. The quantitative estimate of drug-likeness (QED) is 0.766. The average Bonchev–Trinajstić information content (AvgIpc) is 3.07. The maximum Gasteiger partial charge on any atom is 0.224 e. The van der Waals surface area contributed by atoms with Crippen LogP contribution in [0.2, 0.25) is 0 Å². The lowest BCUT2D eigenvalue weighted by Gasteiger charge is -2.28. The maximum absolute atomic E-state index is 4.62. The van der Waals surface area contributed by atoms with Crippen molar-refractivity contribution < 1.29 is 0 Å². The summed E-state index contributed by atoms with van der Waals surface area (Å²) in [5.41, 5.74) is 1.80. The van der Waals surface area contributed by atoms with Gasteiger partial charge in [0, 0.05) is 24.3 Å². The Balaban J connectivity index is 1.54. The predicted octanol–water partition coefficient (Wildman–Crippen LogP) is 2.15. The third-order valence-electron chi connectivity index (χ3n) is 4.68. The minimum atomic E-state index is 0.428. The van der Waals surface area contributed by atoms with Crippen molar-refractivity contribution in [3.05, 3.63) is 36.5 Å². The Morgan fingerprint density at radius 1 is 1.04 bits per heavy atom. The van der Waals surface area contributed by atoms with Crippen LogP contribution in [0.15, 0.2) is 36.5 Å². The molecule has 0 radical (unpaired) electrons. The highest BCUT2D eigenvalue weighted by molar-refractivity contribution is 5.75. The van der Waals surface area contributed by atoms with Crippen LogP contribution in [0.5, 0.6) is 0 Å². The molecule has 2 heterocycles. The number of hydrogen-bond donors (Lipinski definition) is 2. The second kappa shape index (κ2) is 6.52. The number of fused-ring (bicyclic) bond motifs is 1. The van der Waals surface area contributed by atoms with Crippen LogP contribution in [-0.2, 0) is 0 Å². The largest absolute Gasteiger partial charge is 0.351 e. The summed E-state index contributed by atoms with van der Waals surface area (Å²) in [6.45, 7) is 0. The summed E-state index contributed by atoms with van der Waals surface area (Å²) in [6.07, 6.45) is 6.39. The maximum atomic E-state index is 4.62. The van der Waals surface area contributed by atoms with Gasteiger partial charge in [-0.3, -0.25) is 0 Å². The van der Waals surface area contributed by atoms with Gasteiger partial charge in [-0.1, -0.05) is 17.3 Å². The molecule has 2 aromatic heterocycles. The van der Waals surface area contributed by atoms with E-state index in [1.54, 1.807) is 10.9 Å². The number of aromatic nitrogens is 5. The highest BCUT2D eigenvalue weighted by Gasteiger charge is 2.20. The molecule has 2 N–H and O–H groups in total. The lowest BCUT2D eigenvalue weighted by molar-refractivity contribution is 0.370. The van der Waals surface area contributed by atoms with Crippen LogP contribution in [0.25, 0.3) is 16.9 Å². The first-order chi connectivity index (χ1) is 11.8. The van der Waals surface area contributed by atoms with E-state index in [4.69, 9.17) is 0 Å². The van der Waals surface area contributed by atoms with Crippen LogP contribution in [-0.4, -0.2) is 44.1 Å². The Hall–Kier alpha value is -2.54. The normalized spacial score (nSPS) is 21.0. The van der Waals surface area contributed by atoms with Crippen LogP contribution >= 0.6 is 0 Å². The lowest BCUT2D eigenvalue weighted by Crippen LogP contribution is -2.35. The molecule has 0 aliphatic heterocycles. The van der Waals surface area contributed by atoms with E-state index in [2.05, 4.69) is 30.9 Å². The average molecular weight is 323 g/mol. The topological polar surface area (TPSA) is 80.5 Å². The number of hydrogen-bond acceptors (Lipinski definition) is 6. The molecule has 1 aliphatic carbocycles. The van der Waals surface area contributed by atoms with E-state index in [-0.39, 0.29) is 0 Å². The van der Waals surface area contributed by atoms with Crippen LogP contribution in [0.3, 0.4) is 0 Å². The van der Waals surface area contributed by atoms with Crippen molar-refractivity contribution in [2.75, 3.05) is 12.4 Å². The molecule has 7 nitrogen and oxygen atoms in total. The van der Waals surface area contributed by atoms with Crippen LogP contribution < -0.4 is 10.6 Å². The van der Waals surface area contributed by atoms with Crippen molar-refractivity contribution in [3.63, 3.8) is 0 Å². The van der Waals surface area contributed by atoms with Crippen LogP contribution in [0, 0.1) is 0 Å². The first kappa shape index (κ1) is 15.0. The number of nitrogens with one attached hydrogen (secondary N) is 2. The van der Waals surface area contributed by atoms with E-state index in [9.17, 15) is 0 Å². The fraction of sp³-hybridized carbons (Fsp3) is 0.412. The smallest absolute Gasteiger partial charge is 0.224 e. The van der Waals surface area contributed by atoms with Gasteiger partial charge >= 0.3 is 0 Å². The molecule has 0 amide bonds. The molecule has 1 saturated carbocycles. The molecular formula is C17H21N7. The van der Waals surface area contributed by atoms with E-state index in [1.165, 1.54) is 12.8 Å². The second-order valence-electron chi connectivity index (χ2n) is 6.21. The number of benzene rings is 1. The summed E-state index contributed by atoms with van der Waals surface area (Å²) < 4.78 is 1.75. The monoisotopic (exact) mass is 323 g/mol. The van der Waals surface area contributed by atoms with E-state index >= 15 is 0 Å². The molecule has 0 spiro atoms. The highest BCUT2D eigenvalue weighted by atomic mass is 15.4. The molecule has 4 rings (SSSR count). The first-order valence-corrected chi connectivity index (χ1v) is 8.41. The third kappa shape index (κ3) is 2.94. The number of rotatable bonds is 4. The lowest BCUT2D eigenvalue weighted by atomic mass is 9.91. The van der Waals surface area contributed by atoms with E-state index in [1.807, 2.05) is 37.4 Å². The SMILES string of the molecule is CNC1CCC(Nc2nccc(-n3nnc4ccccc43)n2)CC1. The Kier molecular flexibility index (Phi) is 4.08. The minimum absolute atomic E-state index is 0.428. The van der Waals surface area contributed by atoms with Crippen molar-refractivity contribution in [1.82, 2.24) is 30.3 Å². The number of para-hydroxylation sites is 1. The van der Waals surface area contributed by atoms with Gasteiger partial charge in [0.2, 0.25) is 5.95 Å². The molecule has 1 fully saturated rings. The predicted molar refractivity (Wildman–Crippen MR) is 93.2 cm³/mol. The van der Waals surface area contributed by atoms with Crippen molar-refractivity contribution in [2.45, 2.75) is 37.8 Å². The fourth-order valence-corrected chi connectivity index (χ4v) is 3.28. The molecule has 124 valence electrons. The van der Waals surface area contributed by atoms with Gasteiger partial charge in [-0.2, -0.15) is 9.67 Å². The molecular weight excluding hydrogens is 302 g/mol. The minimum Gasteiger partial charge on any atom is -0.351 e. The van der Waals surface area contributed by atoms with Gasteiger partial charge in [-0.05, 0) is 44.9 Å². The van der Waals surface area contributed by atoms with Crippen LogP contribution in [0.4, 0.5) is 5.95 Å². The first-order valence-electron chi connectivity index (χ1n) is 8.41. The fourth-order valence-electron chi connectivity index (χ4n) is 3.28. The summed E-state index contributed by atoms with van der Waals surface area (Å²) in [4.78, 5) is 8.98. The van der Waals surface area contributed by atoms with Crippen molar-refractivity contribution in [3.8, 4) is 5.82 Å². The summed E-state index contributed by atoms with van der Waals surface area (Å²) >= 11 is 0. The summed E-state index contributed by atoms with van der Waals surface area (Å²) in [5.74, 6) is 1.38. The number of anilines is 1. The Morgan fingerprint density at radius 3 is 2.67 bits per heavy atom. The van der Waals surface area contributed by atoms with E-state index < -0.39 is 0 Å². The van der Waals surface area contributed by atoms with Crippen molar-refractivity contribution >= 4 is 17.0 Å². The van der Waals surface area contributed by atoms with Gasteiger partial charge in [0.25, 0.3) is 0 Å². The molecule has 7 heteroatoms. The Labute approximate surface area is 140 Å². The van der Waals surface area contributed by atoms with E-state index in [0.29, 0.717) is 18.0 Å². The zero-order chi connectivity index (χ0) is 16.4. The third-order valence-corrected chi connectivity index (χ3v) is 4.68. The van der Waals surface area contributed by atoms with Gasteiger partial charge in [0.05, 0.1) is 5.52 Å². The molecule has 0 atom stereocenters. The molecule has 0 saturated heterocycles. The van der Waals surface area contributed by atoms with Gasteiger partial charge in [-0.25, -0.2) is 4.98 Å². The summed E-state index contributed by atoms with van der Waals surface area (Å²) in [5, 5.41) is 15.2. The van der Waals surface area contributed by atoms with Crippen LogP contribution in [0.1, 0.15) is 25.7 Å². The van der Waals surface area contributed by atoms with Gasteiger partial charge in [0.15, 0.2) is 5.82 Å². The molecule has 1 aliphatic rings. The number of nitrogens with zero attached hydrogens (tertiary/aromatic N) is 5. The van der Waals surface area contributed by atoms with Gasteiger partial charge < -0.3 is 10.6 Å². The van der Waals surface area contributed by atoms with Gasteiger partial charge in [0.1, 0.15) is 5.52 Å². The zero-order valence-corrected chi connectivity index (χ0v) is 13.7. The standard InChI is InChI=1S/C17H21N7/c1-18-12-6-8-13(9-7-12)20-17-19-11-10-16(21-17)24-15-5-3-2-4-14(15)22-23-24/h2-5,10-13,18H,6-9H2,1H3,(H,19,20,21). The zero-order valence-electron chi connectivity index (χ0n) is 13.7. The van der Waals surface area contributed by atoms with Gasteiger partial charge in [-0.15, -0.1) is 5.10 Å².